The summed E-state index contributed by atoms with van der Waals surface area (Å²) in [5, 5.41) is 9.58. The number of benzene rings is 1. The molecule has 0 bridgehead atoms. The number of rotatable bonds is 4. The van der Waals surface area contributed by atoms with Gasteiger partial charge in [0.05, 0.1) is 16.8 Å². The number of pyridine rings is 2. The maximum atomic E-state index is 12.8. The van der Waals surface area contributed by atoms with Crippen LogP contribution in [-0.2, 0) is 0 Å². The van der Waals surface area contributed by atoms with Crippen LogP contribution in [0.25, 0.3) is 16.6 Å². The van der Waals surface area contributed by atoms with Crippen molar-refractivity contribution in [1.29, 1.82) is 0 Å². The summed E-state index contributed by atoms with van der Waals surface area (Å²) in [5.41, 5.74) is 3.20. The van der Waals surface area contributed by atoms with Crippen LogP contribution < -0.4 is 0 Å². The molecule has 1 N–H and O–H groups in total. The van der Waals surface area contributed by atoms with Crippen molar-refractivity contribution in [2.24, 2.45) is 0 Å². The van der Waals surface area contributed by atoms with Crippen molar-refractivity contribution < 1.29 is 14.7 Å². The monoisotopic (exact) mass is 342 g/mol. The standard InChI is InChI=1S/C21H14N2O3/c24-20(15-4-2-1-3-5-15)19-13-17(21(25)26)18-12-16(8-11-23(18)19)14-6-9-22-10-7-14/h1-13H,(H,25,26). The second-order valence-electron chi connectivity index (χ2n) is 5.85. The summed E-state index contributed by atoms with van der Waals surface area (Å²) >= 11 is 0. The second-order valence-corrected chi connectivity index (χ2v) is 5.85. The van der Waals surface area contributed by atoms with Crippen molar-refractivity contribution in [3.8, 4) is 11.1 Å². The highest BCUT2D eigenvalue weighted by molar-refractivity contribution is 6.11. The molecule has 1 aromatic carbocycles. The molecule has 4 rings (SSSR count). The Kier molecular flexibility index (Phi) is 3.82. The highest BCUT2D eigenvalue weighted by atomic mass is 16.4. The Morgan fingerprint density at radius 1 is 0.885 bits per heavy atom. The van der Waals surface area contributed by atoms with Gasteiger partial charge in [-0.15, -0.1) is 0 Å². The number of aromatic nitrogens is 2. The highest BCUT2D eigenvalue weighted by Gasteiger charge is 2.20. The lowest BCUT2D eigenvalue weighted by atomic mass is 10.1. The molecule has 5 heteroatoms. The van der Waals surface area contributed by atoms with E-state index in [-0.39, 0.29) is 11.3 Å². The molecule has 0 aliphatic rings. The predicted octanol–water partition coefficient (Wildman–Crippen LogP) is 3.93. The number of carbonyl (C=O) groups excluding carboxylic acids is 1. The molecule has 0 saturated heterocycles. The van der Waals surface area contributed by atoms with Gasteiger partial charge in [0.15, 0.2) is 0 Å². The number of hydrogen-bond acceptors (Lipinski definition) is 3. The number of aromatic carboxylic acids is 1. The first kappa shape index (κ1) is 15.8. The Labute approximate surface area is 149 Å². The average molecular weight is 342 g/mol. The highest BCUT2D eigenvalue weighted by Crippen LogP contribution is 2.26. The maximum absolute atomic E-state index is 12.8. The van der Waals surface area contributed by atoms with E-state index in [9.17, 15) is 14.7 Å². The van der Waals surface area contributed by atoms with Crippen molar-refractivity contribution >= 4 is 17.3 Å². The van der Waals surface area contributed by atoms with Gasteiger partial charge in [-0.25, -0.2) is 4.79 Å². The molecule has 3 heterocycles. The molecular weight excluding hydrogens is 328 g/mol. The van der Waals surface area contributed by atoms with Gasteiger partial charge >= 0.3 is 5.97 Å². The minimum atomic E-state index is -1.07. The van der Waals surface area contributed by atoms with Gasteiger partial charge in [-0.2, -0.15) is 0 Å². The Hall–Kier alpha value is -3.73. The lowest BCUT2D eigenvalue weighted by Gasteiger charge is -2.06. The van der Waals surface area contributed by atoms with Crippen LogP contribution in [0.5, 0.6) is 0 Å². The lowest BCUT2D eigenvalue weighted by Crippen LogP contribution is -2.04. The summed E-state index contributed by atoms with van der Waals surface area (Å²) in [6, 6.07) is 17.6. The van der Waals surface area contributed by atoms with Crippen LogP contribution in [0.1, 0.15) is 26.4 Å². The van der Waals surface area contributed by atoms with E-state index in [0.717, 1.165) is 11.1 Å². The zero-order valence-electron chi connectivity index (χ0n) is 13.7. The third-order valence-electron chi connectivity index (χ3n) is 4.28. The topological polar surface area (TPSA) is 71.7 Å². The Balaban J connectivity index is 1.91. The normalized spacial score (nSPS) is 10.8. The van der Waals surface area contributed by atoms with Crippen LogP contribution in [0, 0.1) is 0 Å². The van der Waals surface area contributed by atoms with Gasteiger partial charge < -0.3 is 9.51 Å². The minimum Gasteiger partial charge on any atom is -0.478 e. The molecule has 0 aliphatic heterocycles. The molecule has 0 unspecified atom stereocenters. The predicted molar refractivity (Wildman–Crippen MR) is 97.5 cm³/mol. The van der Waals surface area contributed by atoms with Gasteiger partial charge in [0.2, 0.25) is 5.78 Å². The van der Waals surface area contributed by atoms with E-state index < -0.39 is 5.97 Å². The van der Waals surface area contributed by atoms with Crippen LogP contribution in [0.2, 0.25) is 0 Å². The summed E-state index contributed by atoms with van der Waals surface area (Å²) in [6.45, 7) is 0. The van der Waals surface area contributed by atoms with Crippen molar-refractivity contribution in [3.05, 3.63) is 96.1 Å². The molecular formula is C21H14N2O3. The minimum absolute atomic E-state index is 0.0974. The van der Waals surface area contributed by atoms with Crippen LogP contribution in [0.15, 0.2) is 79.3 Å². The first-order valence-corrected chi connectivity index (χ1v) is 8.04. The average Bonchev–Trinajstić information content (AvgIpc) is 3.08. The van der Waals surface area contributed by atoms with Crippen molar-refractivity contribution in [2.75, 3.05) is 0 Å². The van der Waals surface area contributed by atoms with Crippen molar-refractivity contribution in [1.82, 2.24) is 9.38 Å². The number of ketones is 1. The second kappa shape index (κ2) is 6.29. The van der Waals surface area contributed by atoms with E-state index in [1.54, 1.807) is 53.3 Å². The van der Waals surface area contributed by atoms with E-state index in [1.165, 1.54) is 6.07 Å². The number of carboxylic acid groups (broad SMARTS) is 1. The van der Waals surface area contributed by atoms with Crippen molar-refractivity contribution in [2.45, 2.75) is 0 Å². The molecule has 0 saturated carbocycles. The SMILES string of the molecule is O=C(O)c1cc(C(=O)c2ccccc2)n2ccc(-c3ccncc3)cc12. The number of hydrogen-bond donors (Lipinski definition) is 1. The van der Waals surface area contributed by atoms with Gasteiger partial charge in [-0.3, -0.25) is 9.78 Å². The molecule has 126 valence electrons. The number of nitrogens with zero attached hydrogens (tertiary/aromatic N) is 2. The third kappa shape index (κ3) is 2.65. The largest absolute Gasteiger partial charge is 0.478 e. The molecule has 4 aromatic rings. The summed E-state index contributed by atoms with van der Waals surface area (Å²) in [4.78, 5) is 28.5. The quantitative estimate of drug-likeness (QED) is 0.570. The van der Waals surface area contributed by atoms with E-state index in [2.05, 4.69) is 4.98 Å². The molecule has 5 nitrogen and oxygen atoms in total. The summed E-state index contributed by atoms with van der Waals surface area (Å²) in [7, 11) is 0. The van der Waals surface area contributed by atoms with E-state index >= 15 is 0 Å². The molecule has 0 aliphatic carbocycles. The summed E-state index contributed by atoms with van der Waals surface area (Å²) in [6.07, 6.45) is 5.09. The number of carbonyl (C=O) groups is 2. The Bertz CT molecular complexity index is 1120. The molecule has 3 aromatic heterocycles. The summed E-state index contributed by atoms with van der Waals surface area (Å²) < 4.78 is 1.63. The van der Waals surface area contributed by atoms with Gasteiger partial charge in [-0.05, 0) is 41.5 Å². The van der Waals surface area contributed by atoms with E-state index in [4.69, 9.17) is 0 Å². The zero-order chi connectivity index (χ0) is 18.1. The first-order valence-electron chi connectivity index (χ1n) is 8.04. The summed E-state index contributed by atoms with van der Waals surface area (Å²) in [5.74, 6) is -1.29. The van der Waals surface area contributed by atoms with Gasteiger partial charge in [0.1, 0.15) is 0 Å². The van der Waals surface area contributed by atoms with E-state index in [1.807, 2.05) is 24.3 Å². The van der Waals surface area contributed by atoms with Crippen LogP contribution in [-0.4, -0.2) is 26.2 Å². The fraction of sp³-hybridized carbons (Fsp3) is 0. The molecule has 0 spiro atoms. The molecule has 0 amide bonds. The lowest BCUT2D eigenvalue weighted by molar-refractivity contribution is 0.0699. The first-order chi connectivity index (χ1) is 12.6. The number of fused-ring (bicyclic) bond motifs is 1. The Morgan fingerprint density at radius 3 is 2.31 bits per heavy atom. The van der Waals surface area contributed by atoms with Crippen molar-refractivity contribution in [3.63, 3.8) is 0 Å². The fourth-order valence-electron chi connectivity index (χ4n) is 3.01. The molecule has 0 atom stereocenters. The van der Waals surface area contributed by atoms with Crippen LogP contribution in [0.3, 0.4) is 0 Å². The number of carboxylic acids is 1. The van der Waals surface area contributed by atoms with Gasteiger partial charge in [-0.1, -0.05) is 30.3 Å². The third-order valence-corrected chi connectivity index (χ3v) is 4.28. The molecule has 0 fully saturated rings. The zero-order valence-corrected chi connectivity index (χ0v) is 13.7. The van der Waals surface area contributed by atoms with Crippen LogP contribution >= 0.6 is 0 Å². The van der Waals surface area contributed by atoms with Gasteiger partial charge in [0.25, 0.3) is 0 Å². The van der Waals surface area contributed by atoms with E-state index in [0.29, 0.717) is 16.8 Å². The molecule has 26 heavy (non-hydrogen) atoms. The maximum Gasteiger partial charge on any atom is 0.337 e. The fourth-order valence-corrected chi connectivity index (χ4v) is 3.01. The smallest absolute Gasteiger partial charge is 0.337 e. The van der Waals surface area contributed by atoms with Crippen LogP contribution in [0.4, 0.5) is 0 Å². The molecule has 0 radical (unpaired) electrons. The Morgan fingerprint density at radius 2 is 1.62 bits per heavy atom. The van der Waals surface area contributed by atoms with Gasteiger partial charge in [0, 0.05) is 24.2 Å².